The largest absolute Gasteiger partial charge is 0.494 e. The van der Waals surface area contributed by atoms with Crippen LogP contribution in [0.1, 0.15) is 38.2 Å². The Morgan fingerprint density at radius 1 is 1.24 bits per heavy atom. The average Bonchev–Trinajstić information content (AvgIpc) is 3.46. The van der Waals surface area contributed by atoms with Gasteiger partial charge in [-0.25, -0.2) is 0 Å². The van der Waals surface area contributed by atoms with Gasteiger partial charge in [-0.05, 0) is 62.8 Å². The van der Waals surface area contributed by atoms with Gasteiger partial charge >= 0.3 is 0 Å². The van der Waals surface area contributed by atoms with Crippen LogP contribution in [0, 0.1) is 5.92 Å². The van der Waals surface area contributed by atoms with Gasteiger partial charge in [0.25, 0.3) is 0 Å². The minimum Gasteiger partial charge on any atom is -0.494 e. The van der Waals surface area contributed by atoms with Gasteiger partial charge in [0.05, 0.1) is 13.2 Å². The molecule has 0 unspecified atom stereocenters. The molecule has 5 heteroatoms. The van der Waals surface area contributed by atoms with Crippen molar-refractivity contribution in [3.8, 4) is 5.75 Å². The summed E-state index contributed by atoms with van der Waals surface area (Å²) in [6, 6.07) is 8.31. The fourth-order valence-electron chi connectivity index (χ4n) is 3.44. The number of nitrogens with one attached hydrogen (secondary N) is 2. The van der Waals surface area contributed by atoms with Gasteiger partial charge in [-0.15, -0.1) is 0 Å². The lowest BCUT2D eigenvalue weighted by molar-refractivity contribution is -0.120. The Balaban J connectivity index is 1.58. The zero-order valence-corrected chi connectivity index (χ0v) is 15.2. The van der Waals surface area contributed by atoms with E-state index in [-0.39, 0.29) is 11.3 Å². The highest BCUT2D eigenvalue weighted by Gasteiger charge is 2.34. The minimum atomic E-state index is -0.0465. The van der Waals surface area contributed by atoms with Crippen LogP contribution in [-0.2, 0) is 14.9 Å². The third-order valence-corrected chi connectivity index (χ3v) is 5.27. The van der Waals surface area contributed by atoms with Crippen molar-refractivity contribution in [1.82, 2.24) is 10.6 Å². The average molecular weight is 346 g/mol. The number of ether oxygens (including phenoxy) is 2. The molecule has 2 N–H and O–H groups in total. The molecule has 0 aromatic heterocycles. The molecule has 0 atom stereocenters. The zero-order chi connectivity index (χ0) is 17.5. The van der Waals surface area contributed by atoms with Crippen molar-refractivity contribution in [1.29, 1.82) is 0 Å². The highest BCUT2D eigenvalue weighted by Crippen LogP contribution is 2.35. The van der Waals surface area contributed by atoms with Gasteiger partial charge in [0.2, 0.25) is 5.91 Å². The van der Waals surface area contributed by atoms with Crippen molar-refractivity contribution in [2.75, 3.05) is 39.5 Å². The first-order valence-electron chi connectivity index (χ1n) is 9.50. The molecule has 1 saturated heterocycles. The summed E-state index contributed by atoms with van der Waals surface area (Å²) in [6.45, 7) is 6.17. The number of hydrogen-bond donors (Lipinski definition) is 2. The van der Waals surface area contributed by atoms with Crippen LogP contribution in [0.4, 0.5) is 0 Å². The molecule has 0 bridgehead atoms. The van der Waals surface area contributed by atoms with E-state index in [2.05, 4.69) is 22.8 Å². The quantitative estimate of drug-likeness (QED) is 0.720. The second kappa shape index (κ2) is 8.68. The summed E-state index contributed by atoms with van der Waals surface area (Å²) in [7, 11) is 0. The molecule has 0 spiro atoms. The molecule has 138 valence electrons. The fourth-order valence-corrected chi connectivity index (χ4v) is 3.44. The fraction of sp³-hybridized carbons (Fsp3) is 0.650. The summed E-state index contributed by atoms with van der Waals surface area (Å²) in [5.41, 5.74) is 1.21. The van der Waals surface area contributed by atoms with Gasteiger partial charge in [0.15, 0.2) is 0 Å². The Morgan fingerprint density at radius 2 is 1.96 bits per heavy atom. The third-order valence-electron chi connectivity index (χ3n) is 5.27. The molecular weight excluding hydrogens is 316 g/mol. The van der Waals surface area contributed by atoms with Gasteiger partial charge in [0.1, 0.15) is 5.75 Å². The summed E-state index contributed by atoms with van der Waals surface area (Å²) in [6.07, 6.45) is 4.46. The van der Waals surface area contributed by atoms with E-state index in [0.717, 1.165) is 44.3 Å². The molecule has 25 heavy (non-hydrogen) atoms. The Hall–Kier alpha value is -1.59. The van der Waals surface area contributed by atoms with Crippen LogP contribution in [-0.4, -0.2) is 45.4 Å². The predicted molar refractivity (Wildman–Crippen MR) is 97.9 cm³/mol. The van der Waals surface area contributed by atoms with E-state index in [1.54, 1.807) is 0 Å². The normalized spacial score (nSPS) is 19.4. The van der Waals surface area contributed by atoms with Gasteiger partial charge < -0.3 is 20.1 Å². The Labute approximate surface area is 150 Å². The first-order chi connectivity index (χ1) is 12.2. The van der Waals surface area contributed by atoms with Crippen molar-refractivity contribution < 1.29 is 14.3 Å². The first-order valence-corrected chi connectivity index (χ1v) is 9.50. The lowest BCUT2D eigenvalue weighted by Gasteiger charge is -2.38. The molecule has 1 saturated carbocycles. The van der Waals surface area contributed by atoms with Crippen LogP contribution in [0.2, 0.25) is 0 Å². The van der Waals surface area contributed by atoms with Gasteiger partial charge in [-0.2, -0.15) is 0 Å². The molecule has 1 heterocycles. The second-order valence-corrected chi connectivity index (χ2v) is 7.20. The van der Waals surface area contributed by atoms with Gasteiger partial charge in [0, 0.05) is 25.2 Å². The highest BCUT2D eigenvalue weighted by molar-refractivity contribution is 5.78. The molecule has 3 rings (SSSR count). The zero-order valence-electron chi connectivity index (χ0n) is 15.2. The number of hydrogen-bond acceptors (Lipinski definition) is 4. The molecule has 1 aliphatic carbocycles. The molecular formula is C20H30N2O3. The van der Waals surface area contributed by atoms with Crippen LogP contribution >= 0.6 is 0 Å². The second-order valence-electron chi connectivity index (χ2n) is 7.20. The number of carbonyl (C=O) groups is 1. The van der Waals surface area contributed by atoms with Crippen LogP contribution in [0.15, 0.2) is 24.3 Å². The van der Waals surface area contributed by atoms with Crippen LogP contribution < -0.4 is 15.4 Å². The van der Waals surface area contributed by atoms with E-state index in [1.807, 2.05) is 19.1 Å². The highest BCUT2D eigenvalue weighted by atomic mass is 16.5. The maximum Gasteiger partial charge on any atom is 0.233 e. The van der Waals surface area contributed by atoms with Crippen molar-refractivity contribution >= 4 is 5.91 Å². The van der Waals surface area contributed by atoms with Crippen molar-refractivity contribution in [2.24, 2.45) is 5.92 Å². The topological polar surface area (TPSA) is 59.6 Å². The van der Waals surface area contributed by atoms with E-state index < -0.39 is 0 Å². The summed E-state index contributed by atoms with van der Waals surface area (Å²) >= 11 is 0. The van der Waals surface area contributed by atoms with Crippen molar-refractivity contribution in [2.45, 2.75) is 38.0 Å². The first kappa shape index (κ1) is 18.2. The lowest BCUT2D eigenvalue weighted by atomic mass is 9.74. The summed E-state index contributed by atoms with van der Waals surface area (Å²) in [5, 5.41) is 6.39. The Kier molecular flexibility index (Phi) is 6.32. The summed E-state index contributed by atoms with van der Waals surface area (Å²) < 4.78 is 11.1. The third kappa shape index (κ3) is 5.19. The molecule has 0 radical (unpaired) electrons. The predicted octanol–water partition coefficient (Wildman–Crippen LogP) is 2.25. The van der Waals surface area contributed by atoms with E-state index in [1.165, 1.54) is 18.4 Å². The Bertz CT molecular complexity index is 549. The van der Waals surface area contributed by atoms with E-state index in [4.69, 9.17) is 9.47 Å². The van der Waals surface area contributed by atoms with E-state index >= 15 is 0 Å². The summed E-state index contributed by atoms with van der Waals surface area (Å²) in [4.78, 5) is 12.2. The standard InChI is InChI=1S/C20H30N2O3/c1-2-25-18-7-5-17(6-8-18)20(9-11-24-12-10-20)15-22-19(23)14-21-13-16-3-4-16/h5-8,16,21H,2-4,9-15H2,1H3,(H,22,23). The molecule has 1 aliphatic heterocycles. The maximum atomic E-state index is 12.2. The maximum absolute atomic E-state index is 12.2. The lowest BCUT2D eigenvalue weighted by Crippen LogP contribution is -2.46. The Morgan fingerprint density at radius 3 is 2.60 bits per heavy atom. The summed E-state index contributed by atoms with van der Waals surface area (Å²) in [5.74, 6) is 1.76. The molecule has 1 aromatic rings. The van der Waals surface area contributed by atoms with Crippen LogP contribution in [0.25, 0.3) is 0 Å². The van der Waals surface area contributed by atoms with Crippen LogP contribution in [0.3, 0.4) is 0 Å². The molecule has 2 aliphatic rings. The number of amides is 1. The monoisotopic (exact) mass is 346 g/mol. The van der Waals surface area contributed by atoms with E-state index in [0.29, 0.717) is 19.7 Å². The van der Waals surface area contributed by atoms with Gasteiger partial charge in [-0.1, -0.05) is 12.1 Å². The molecule has 1 amide bonds. The van der Waals surface area contributed by atoms with E-state index in [9.17, 15) is 4.79 Å². The number of rotatable bonds is 9. The van der Waals surface area contributed by atoms with Crippen molar-refractivity contribution in [3.05, 3.63) is 29.8 Å². The smallest absolute Gasteiger partial charge is 0.233 e. The number of carbonyl (C=O) groups excluding carboxylic acids is 1. The SMILES string of the molecule is CCOc1ccc(C2(CNC(=O)CNCC3CC3)CCOCC2)cc1. The molecule has 5 nitrogen and oxygen atoms in total. The molecule has 1 aromatic carbocycles. The van der Waals surface area contributed by atoms with Crippen LogP contribution in [0.5, 0.6) is 5.75 Å². The van der Waals surface area contributed by atoms with Gasteiger partial charge in [-0.3, -0.25) is 4.79 Å². The van der Waals surface area contributed by atoms with Crippen molar-refractivity contribution in [3.63, 3.8) is 0 Å². The number of benzene rings is 1. The minimum absolute atomic E-state index is 0.0465. The molecule has 2 fully saturated rings.